The minimum absolute atomic E-state index is 0.0339. The summed E-state index contributed by atoms with van der Waals surface area (Å²) in [5.41, 5.74) is 0.716. The third-order valence-corrected chi connectivity index (χ3v) is 2.82. The summed E-state index contributed by atoms with van der Waals surface area (Å²) in [6.45, 7) is 6.19. The van der Waals surface area contributed by atoms with Gasteiger partial charge in [0.25, 0.3) is 0 Å². The molecule has 1 aromatic rings. The molecule has 1 unspecified atom stereocenters. The molecule has 0 saturated carbocycles. The van der Waals surface area contributed by atoms with Gasteiger partial charge in [0, 0.05) is 12.6 Å². The van der Waals surface area contributed by atoms with Crippen molar-refractivity contribution in [2.75, 3.05) is 6.61 Å². The normalized spacial score (nSPS) is 12.5. The maximum atomic E-state index is 11.7. The van der Waals surface area contributed by atoms with Gasteiger partial charge in [0.05, 0.1) is 6.54 Å². The molecule has 0 spiro atoms. The van der Waals surface area contributed by atoms with Crippen LogP contribution < -0.4 is 10.6 Å². The summed E-state index contributed by atoms with van der Waals surface area (Å²) < 4.78 is 5.04. The number of hydrogen-bond acceptors (Lipinski definition) is 4. The molecule has 0 saturated heterocycles. The first kappa shape index (κ1) is 14.5. The number of urea groups is 1. The Kier molecular flexibility index (Phi) is 5.64. The molecular formula is C12H21N3O3. The minimum Gasteiger partial charge on any atom is -0.448 e. The molecule has 1 atom stereocenters. The first-order chi connectivity index (χ1) is 8.54. The fourth-order valence-corrected chi connectivity index (χ4v) is 1.59. The molecule has 1 aromatic heterocycles. The smallest absolute Gasteiger partial charge is 0.315 e. The molecule has 6 nitrogen and oxygen atoms in total. The molecule has 0 bridgehead atoms. The van der Waals surface area contributed by atoms with Crippen LogP contribution in [0.25, 0.3) is 0 Å². The van der Waals surface area contributed by atoms with E-state index >= 15 is 0 Å². The van der Waals surface area contributed by atoms with Crippen molar-refractivity contribution in [3.05, 3.63) is 17.8 Å². The van der Waals surface area contributed by atoms with E-state index in [4.69, 9.17) is 9.52 Å². The summed E-state index contributed by atoms with van der Waals surface area (Å²) in [6, 6.07) is -0.294. The largest absolute Gasteiger partial charge is 0.448 e. The van der Waals surface area contributed by atoms with Crippen molar-refractivity contribution in [3.63, 3.8) is 0 Å². The van der Waals surface area contributed by atoms with E-state index in [0.717, 1.165) is 0 Å². The molecule has 2 amide bonds. The van der Waals surface area contributed by atoms with Gasteiger partial charge in [-0.2, -0.15) is 0 Å². The number of hydrogen-bond donors (Lipinski definition) is 3. The topological polar surface area (TPSA) is 87.4 Å². The van der Waals surface area contributed by atoms with Gasteiger partial charge in [0.15, 0.2) is 6.39 Å². The maximum Gasteiger partial charge on any atom is 0.315 e. The van der Waals surface area contributed by atoms with Gasteiger partial charge in [-0.25, -0.2) is 9.78 Å². The number of aryl methyl sites for hydroxylation is 1. The number of aliphatic hydroxyl groups excluding tert-OH is 1. The lowest BCUT2D eigenvalue weighted by molar-refractivity contribution is 0.218. The number of nitrogens with one attached hydrogen (secondary N) is 2. The number of oxazole rings is 1. The molecule has 102 valence electrons. The van der Waals surface area contributed by atoms with Gasteiger partial charge in [-0.1, -0.05) is 13.8 Å². The standard InChI is InChI=1S/C12H21N3O3/c1-8(2)10(4-5-16)15-12(17)13-6-11-9(3)18-7-14-11/h7-8,10,16H,4-6H2,1-3H3,(H2,13,15,17). The molecular weight excluding hydrogens is 234 g/mol. The second-order valence-electron chi connectivity index (χ2n) is 4.55. The highest BCUT2D eigenvalue weighted by Crippen LogP contribution is 2.06. The lowest BCUT2D eigenvalue weighted by Crippen LogP contribution is -2.44. The lowest BCUT2D eigenvalue weighted by atomic mass is 10.0. The number of aromatic nitrogens is 1. The van der Waals surface area contributed by atoms with Gasteiger partial charge in [-0.15, -0.1) is 0 Å². The quantitative estimate of drug-likeness (QED) is 0.712. The Balaban J connectivity index is 2.39. The molecule has 0 fully saturated rings. The predicted octanol–water partition coefficient (Wildman–Crippen LogP) is 1.19. The lowest BCUT2D eigenvalue weighted by Gasteiger charge is -2.21. The fourth-order valence-electron chi connectivity index (χ4n) is 1.59. The number of rotatable bonds is 6. The summed E-state index contributed by atoms with van der Waals surface area (Å²) in [6.07, 6.45) is 1.90. The third-order valence-electron chi connectivity index (χ3n) is 2.82. The van der Waals surface area contributed by atoms with Crippen molar-refractivity contribution in [2.24, 2.45) is 5.92 Å². The van der Waals surface area contributed by atoms with Crippen molar-refractivity contribution in [2.45, 2.75) is 39.8 Å². The van der Waals surface area contributed by atoms with Gasteiger partial charge < -0.3 is 20.2 Å². The molecule has 0 aliphatic heterocycles. The Morgan fingerprint density at radius 1 is 1.56 bits per heavy atom. The Hall–Kier alpha value is -1.56. The van der Waals surface area contributed by atoms with E-state index in [1.54, 1.807) is 6.92 Å². The Morgan fingerprint density at radius 2 is 2.28 bits per heavy atom. The zero-order valence-electron chi connectivity index (χ0n) is 11.1. The molecule has 0 radical (unpaired) electrons. The summed E-state index contributed by atoms with van der Waals surface area (Å²) in [5.74, 6) is 0.975. The first-order valence-electron chi connectivity index (χ1n) is 6.08. The van der Waals surface area contributed by atoms with Crippen molar-refractivity contribution >= 4 is 6.03 Å². The van der Waals surface area contributed by atoms with Gasteiger partial charge >= 0.3 is 6.03 Å². The van der Waals surface area contributed by atoms with Crippen LogP contribution in [0.2, 0.25) is 0 Å². The van der Waals surface area contributed by atoms with Crippen LogP contribution in [-0.2, 0) is 6.54 Å². The molecule has 1 rings (SSSR count). The van der Waals surface area contributed by atoms with Crippen LogP contribution in [0.5, 0.6) is 0 Å². The van der Waals surface area contributed by atoms with Crippen LogP contribution in [-0.4, -0.2) is 28.8 Å². The van der Waals surface area contributed by atoms with Gasteiger partial charge in [0.1, 0.15) is 11.5 Å². The molecule has 3 N–H and O–H groups in total. The highest BCUT2D eigenvalue weighted by molar-refractivity contribution is 5.74. The van der Waals surface area contributed by atoms with Crippen LogP contribution in [0.3, 0.4) is 0 Å². The summed E-state index contributed by atoms with van der Waals surface area (Å²) in [5, 5.41) is 14.5. The summed E-state index contributed by atoms with van der Waals surface area (Å²) in [7, 11) is 0. The second kappa shape index (κ2) is 7.00. The SMILES string of the molecule is Cc1ocnc1CNC(=O)NC(CCO)C(C)C. The summed E-state index contributed by atoms with van der Waals surface area (Å²) >= 11 is 0. The second-order valence-corrected chi connectivity index (χ2v) is 4.55. The van der Waals surface area contributed by atoms with Crippen molar-refractivity contribution in [1.29, 1.82) is 0 Å². The average Bonchev–Trinajstić information content (AvgIpc) is 2.71. The molecule has 6 heteroatoms. The van der Waals surface area contributed by atoms with Crippen molar-refractivity contribution < 1.29 is 14.3 Å². The number of carbonyl (C=O) groups is 1. The molecule has 0 aliphatic carbocycles. The van der Waals surface area contributed by atoms with Crippen molar-refractivity contribution in [3.8, 4) is 0 Å². The summed E-state index contributed by atoms with van der Waals surface area (Å²) in [4.78, 5) is 15.7. The Bertz CT molecular complexity index is 376. The zero-order valence-corrected chi connectivity index (χ0v) is 11.1. The highest BCUT2D eigenvalue weighted by Gasteiger charge is 2.15. The van der Waals surface area contributed by atoms with Gasteiger partial charge in [-0.05, 0) is 19.3 Å². The van der Waals surface area contributed by atoms with E-state index < -0.39 is 0 Å². The maximum absolute atomic E-state index is 11.7. The van der Waals surface area contributed by atoms with Crippen LogP contribution >= 0.6 is 0 Å². The van der Waals surface area contributed by atoms with E-state index in [0.29, 0.717) is 24.4 Å². The van der Waals surface area contributed by atoms with Gasteiger partial charge in [-0.3, -0.25) is 0 Å². The first-order valence-corrected chi connectivity index (χ1v) is 6.08. The molecule has 0 aromatic carbocycles. The number of aliphatic hydroxyl groups is 1. The van der Waals surface area contributed by atoms with E-state index in [9.17, 15) is 4.79 Å². The molecule has 18 heavy (non-hydrogen) atoms. The van der Waals surface area contributed by atoms with Gasteiger partial charge in [0.2, 0.25) is 0 Å². The third kappa shape index (κ3) is 4.37. The molecule has 0 aliphatic rings. The van der Waals surface area contributed by atoms with E-state index in [1.165, 1.54) is 6.39 Å². The number of amides is 2. The Labute approximate surface area is 107 Å². The van der Waals surface area contributed by atoms with Crippen molar-refractivity contribution in [1.82, 2.24) is 15.6 Å². The number of carbonyl (C=O) groups excluding carboxylic acids is 1. The zero-order chi connectivity index (χ0) is 13.5. The van der Waals surface area contributed by atoms with E-state index in [1.807, 2.05) is 13.8 Å². The average molecular weight is 255 g/mol. The van der Waals surface area contributed by atoms with Crippen LogP contribution in [0.1, 0.15) is 31.7 Å². The molecule has 1 heterocycles. The predicted molar refractivity (Wildman–Crippen MR) is 66.9 cm³/mol. The fraction of sp³-hybridized carbons (Fsp3) is 0.667. The van der Waals surface area contributed by atoms with E-state index in [-0.39, 0.29) is 24.6 Å². The minimum atomic E-state index is -0.260. The van der Waals surface area contributed by atoms with Crippen LogP contribution in [0.15, 0.2) is 10.8 Å². The Morgan fingerprint density at radius 3 is 2.78 bits per heavy atom. The van der Waals surface area contributed by atoms with Crippen LogP contribution in [0, 0.1) is 12.8 Å². The number of nitrogens with zero attached hydrogens (tertiary/aromatic N) is 1. The monoisotopic (exact) mass is 255 g/mol. The van der Waals surface area contributed by atoms with E-state index in [2.05, 4.69) is 15.6 Å². The van der Waals surface area contributed by atoms with Crippen LogP contribution in [0.4, 0.5) is 4.79 Å². The highest BCUT2D eigenvalue weighted by atomic mass is 16.3.